The third-order valence-electron chi connectivity index (χ3n) is 0.486. The third kappa shape index (κ3) is 2.36. The van der Waals surface area contributed by atoms with Crippen molar-refractivity contribution in [3.63, 3.8) is 0 Å². The summed E-state index contributed by atoms with van der Waals surface area (Å²) < 4.78 is 5.66. The predicted molar refractivity (Wildman–Crippen MR) is 34.4 cm³/mol. The van der Waals surface area contributed by atoms with Gasteiger partial charge in [0.05, 0.1) is 10.7 Å². The van der Waals surface area contributed by atoms with Crippen LogP contribution >= 0.6 is 15.9 Å². The van der Waals surface area contributed by atoms with Gasteiger partial charge in [0.15, 0.2) is 0 Å². The molecule has 0 spiro atoms. The molecule has 0 aromatic carbocycles. The van der Waals surface area contributed by atoms with Gasteiger partial charge in [-0.15, -0.1) is 0 Å². The Morgan fingerprint density at radius 2 is 2.43 bits per heavy atom. The normalized spacial score (nSPS) is 7.57. The van der Waals surface area contributed by atoms with Crippen LogP contribution in [-0.4, -0.2) is 23.1 Å². The largest absolute Gasteiger partial charge is 2.00 e. The molecule has 0 fully saturated rings. The Balaban J connectivity index is -0.000000120. The van der Waals surface area contributed by atoms with Crippen molar-refractivity contribution in [2.45, 2.75) is 0 Å². The first-order valence-electron chi connectivity index (χ1n) is 1.57. The molecule has 0 saturated heterocycles. The predicted octanol–water partition coefficient (Wildman–Crippen LogP) is 1.89. The van der Waals surface area contributed by atoms with Crippen LogP contribution in [0, 0.1) is 0 Å². The summed E-state index contributed by atoms with van der Waals surface area (Å²) in [6, 6.07) is 1.83. The molecule has 0 aliphatic rings. The van der Waals surface area contributed by atoms with Crippen LogP contribution in [0.2, 0.25) is 0 Å². The minimum atomic E-state index is 0. The third-order valence-corrected chi connectivity index (χ3v) is 0.938. The molecular formula is C4H5BrMgO. The van der Waals surface area contributed by atoms with E-state index in [1.54, 1.807) is 12.5 Å². The van der Waals surface area contributed by atoms with E-state index in [1.807, 2.05) is 6.07 Å². The van der Waals surface area contributed by atoms with Crippen molar-refractivity contribution in [3.05, 3.63) is 23.1 Å². The Hall–Kier alpha value is 0.526. The van der Waals surface area contributed by atoms with E-state index in [1.165, 1.54) is 0 Å². The topological polar surface area (TPSA) is 13.1 Å². The number of rotatable bonds is 0. The van der Waals surface area contributed by atoms with Gasteiger partial charge in [-0.2, -0.15) is 0 Å². The molecule has 0 aliphatic carbocycles. The summed E-state index contributed by atoms with van der Waals surface area (Å²) in [7, 11) is 0. The molecule has 1 heterocycles. The SMILES string of the molecule is Brc1ccoc1.[H-].[H-].[Mg+2]. The van der Waals surface area contributed by atoms with E-state index in [0.717, 1.165) is 4.47 Å². The smallest absolute Gasteiger partial charge is 1.00 e. The number of furan rings is 1. The molecule has 1 aromatic rings. The van der Waals surface area contributed by atoms with Crippen LogP contribution in [0.3, 0.4) is 0 Å². The van der Waals surface area contributed by atoms with E-state index in [0.29, 0.717) is 0 Å². The Bertz CT molecular complexity index is 122. The Kier molecular flexibility index (Phi) is 3.78. The summed E-state index contributed by atoms with van der Waals surface area (Å²) in [4.78, 5) is 0. The molecule has 0 saturated carbocycles. The van der Waals surface area contributed by atoms with Crippen LogP contribution < -0.4 is 0 Å². The van der Waals surface area contributed by atoms with Gasteiger partial charge in [0.25, 0.3) is 0 Å². The van der Waals surface area contributed by atoms with Crippen molar-refractivity contribution in [1.29, 1.82) is 0 Å². The van der Waals surface area contributed by atoms with Crippen LogP contribution in [0.25, 0.3) is 0 Å². The zero-order valence-electron chi connectivity index (χ0n) is 5.73. The molecule has 0 N–H and O–H groups in total. The second-order valence-electron chi connectivity index (χ2n) is 0.942. The molecule has 0 aliphatic heterocycles. The van der Waals surface area contributed by atoms with Gasteiger partial charge in [0.2, 0.25) is 0 Å². The van der Waals surface area contributed by atoms with Gasteiger partial charge < -0.3 is 7.27 Å². The van der Waals surface area contributed by atoms with E-state index >= 15 is 0 Å². The monoisotopic (exact) mass is 172 g/mol. The molecule has 36 valence electrons. The Morgan fingerprint density at radius 1 is 1.71 bits per heavy atom. The molecule has 0 radical (unpaired) electrons. The first-order chi connectivity index (χ1) is 2.89. The molecule has 7 heavy (non-hydrogen) atoms. The summed E-state index contributed by atoms with van der Waals surface area (Å²) in [5.41, 5.74) is 0. The van der Waals surface area contributed by atoms with Crippen molar-refractivity contribution < 1.29 is 7.27 Å². The molecule has 0 bridgehead atoms. The van der Waals surface area contributed by atoms with E-state index < -0.39 is 0 Å². The van der Waals surface area contributed by atoms with Crippen LogP contribution in [0.15, 0.2) is 27.5 Å². The van der Waals surface area contributed by atoms with Gasteiger partial charge in [-0.25, -0.2) is 0 Å². The van der Waals surface area contributed by atoms with Gasteiger partial charge in [0.1, 0.15) is 6.26 Å². The maximum atomic E-state index is 4.67. The molecule has 0 amide bonds. The Labute approximate surface area is 69.3 Å². The molecule has 0 unspecified atom stereocenters. The molecular weight excluding hydrogens is 168 g/mol. The number of halogens is 1. The number of hydrogen-bond acceptors (Lipinski definition) is 1. The minimum absolute atomic E-state index is 0. The summed E-state index contributed by atoms with van der Waals surface area (Å²) in [6.07, 6.45) is 3.24. The van der Waals surface area contributed by atoms with Gasteiger partial charge in [-0.05, 0) is 22.0 Å². The van der Waals surface area contributed by atoms with Crippen LogP contribution in [0.1, 0.15) is 2.85 Å². The fraction of sp³-hybridized carbons (Fsp3) is 0. The van der Waals surface area contributed by atoms with Crippen molar-refractivity contribution >= 4 is 39.0 Å². The summed E-state index contributed by atoms with van der Waals surface area (Å²) in [5, 5.41) is 0. The van der Waals surface area contributed by atoms with Gasteiger partial charge in [-0.3, -0.25) is 0 Å². The second kappa shape index (κ2) is 3.52. The van der Waals surface area contributed by atoms with Crippen molar-refractivity contribution in [2.75, 3.05) is 0 Å². The van der Waals surface area contributed by atoms with Crippen LogP contribution in [0.5, 0.6) is 0 Å². The van der Waals surface area contributed by atoms with Crippen molar-refractivity contribution in [2.24, 2.45) is 0 Å². The van der Waals surface area contributed by atoms with E-state index in [4.69, 9.17) is 0 Å². The fourth-order valence-electron chi connectivity index (χ4n) is 0.248. The zero-order chi connectivity index (χ0) is 4.41. The van der Waals surface area contributed by atoms with Crippen LogP contribution in [0.4, 0.5) is 0 Å². The average molecular weight is 173 g/mol. The van der Waals surface area contributed by atoms with Gasteiger partial charge in [-0.1, -0.05) is 0 Å². The maximum Gasteiger partial charge on any atom is 2.00 e. The quantitative estimate of drug-likeness (QED) is 0.546. The second-order valence-corrected chi connectivity index (χ2v) is 1.86. The molecule has 0 atom stereocenters. The molecule has 1 nitrogen and oxygen atoms in total. The Morgan fingerprint density at radius 3 is 2.57 bits per heavy atom. The summed E-state index contributed by atoms with van der Waals surface area (Å²) in [5.74, 6) is 0. The van der Waals surface area contributed by atoms with Gasteiger partial charge >= 0.3 is 23.1 Å². The standard InChI is InChI=1S/C4H3BrO.Mg.2H/c5-4-1-2-6-3-4;;;/h1-3H;;;/q;+2;2*-1. The average Bonchev–Trinajstić information content (AvgIpc) is 1.86. The first kappa shape index (κ1) is 7.53. The molecule has 3 heteroatoms. The van der Waals surface area contributed by atoms with Crippen molar-refractivity contribution in [1.82, 2.24) is 0 Å². The zero-order valence-corrected chi connectivity index (χ0v) is 6.73. The maximum absolute atomic E-state index is 4.67. The molecule has 1 aromatic heterocycles. The van der Waals surface area contributed by atoms with E-state index in [9.17, 15) is 0 Å². The van der Waals surface area contributed by atoms with Crippen LogP contribution in [-0.2, 0) is 0 Å². The van der Waals surface area contributed by atoms with Crippen molar-refractivity contribution in [3.8, 4) is 0 Å². The van der Waals surface area contributed by atoms with Gasteiger partial charge in [0, 0.05) is 0 Å². The minimum Gasteiger partial charge on any atom is -1.00 e. The van der Waals surface area contributed by atoms with E-state index in [2.05, 4.69) is 20.3 Å². The van der Waals surface area contributed by atoms with E-state index in [-0.39, 0.29) is 25.9 Å². The molecule has 1 rings (SSSR count). The fourth-order valence-corrected chi connectivity index (χ4v) is 0.464. The number of hydrogen-bond donors (Lipinski definition) is 0. The first-order valence-corrected chi connectivity index (χ1v) is 2.36. The summed E-state index contributed by atoms with van der Waals surface area (Å²) in [6.45, 7) is 0. The summed E-state index contributed by atoms with van der Waals surface area (Å²) >= 11 is 3.19.